The molecule has 3 aromatic rings. The molecule has 4 N–H and O–H groups in total. The van der Waals surface area contributed by atoms with Crippen LogP contribution in [0.2, 0.25) is 0 Å². The molecular weight excluding hydrogens is 650 g/mol. The first kappa shape index (κ1) is 38.1. The average molecular weight is 699 g/mol. The van der Waals surface area contributed by atoms with Crippen LogP contribution in [0.4, 0.5) is 8.78 Å². The molecule has 12 heteroatoms. The fourth-order valence-corrected chi connectivity index (χ4v) is 8.62. The van der Waals surface area contributed by atoms with Crippen molar-refractivity contribution in [1.29, 1.82) is 0 Å². The molecule has 1 aliphatic rings. The second kappa shape index (κ2) is 16.8. The van der Waals surface area contributed by atoms with E-state index in [-0.39, 0.29) is 24.1 Å². The monoisotopic (exact) mass is 698 g/mol. The number of nitrogens with zero attached hydrogens (tertiary/aromatic N) is 2. The molecule has 4 rings (SSSR count). The van der Waals surface area contributed by atoms with Gasteiger partial charge in [0.15, 0.2) is 9.84 Å². The highest BCUT2D eigenvalue weighted by Gasteiger charge is 2.53. The summed E-state index contributed by atoms with van der Waals surface area (Å²) in [6.07, 6.45) is 5.29. The van der Waals surface area contributed by atoms with Crippen molar-refractivity contribution in [2.45, 2.75) is 101 Å². The molecule has 0 saturated heterocycles. The Bertz CT molecular complexity index is 1660. The zero-order valence-electron chi connectivity index (χ0n) is 28.4. The van der Waals surface area contributed by atoms with Crippen LogP contribution >= 0.6 is 0 Å². The number of hydrogen-bond acceptors (Lipinski definition) is 7. The first-order valence-electron chi connectivity index (χ1n) is 17.1. The number of aryl methyl sites for hydroxylation is 1. The Morgan fingerprint density at radius 3 is 2.24 bits per heavy atom. The Kier molecular flexibility index (Phi) is 13.0. The zero-order valence-corrected chi connectivity index (χ0v) is 29.3. The number of benzene rings is 2. The fourth-order valence-electron chi connectivity index (χ4n) is 6.47. The number of hydrogen-bond donors (Lipinski definition) is 3. The maximum Gasteiger partial charge on any atom is 0.253 e. The van der Waals surface area contributed by atoms with Crippen LogP contribution in [0.25, 0.3) is 0 Å². The van der Waals surface area contributed by atoms with E-state index in [9.17, 15) is 31.9 Å². The lowest BCUT2D eigenvalue weighted by Gasteiger charge is -2.38. The number of rotatable bonds is 18. The van der Waals surface area contributed by atoms with E-state index in [1.807, 2.05) is 45.0 Å². The number of pyridine rings is 1. The van der Waals surface area contributed by atoms with E-state index in [0.717, 1.165) is 35.7 Å². The van der Waals surface area contributed by atoms with Crippen molar-refractivity contribution >= 4 is 21.7 Å². The number of carbonyl (C=O) groups is 2. The lowest BCUT2D eigenvalue weighted by atomic mass is 9.96. The lowest BCUT2D eigenvalue weighted by Crippen LogP contribution is -2.58. The number of nitrogens with one attached hydrogen (secondary N) is 1. The van der Waals surface area contributed by atoms with E-state index in [0.29, 0.717) is 38.5 Å². The minimum atomic E-state index is -3.88. The molecule has 2 amide bonds. The highest BCUT2D eigenvalue weighted by molar-refractivity contribution is 7.92. The van der Waals surface area contributed by atoms with E-state index in [4.69, 9.17) is 5.73 Å². The second-order valence-electron chi connectivity index (χ2n) is 13.0. The number of aliphatic hydroxyl groups is 1. The van der Waals surface area contributed by atoms with Gasteiger partial charge < -0.3 is 21.1 Å². The predicted octanol–water partition coefficient (Wildman–Crippen LogP) is 4.85. The van der Waals surface area contributed by atoms with Crippen LogP contribution in [0, 0.1) is 11.6 Å². The molecule has 1 saturated carbocycles. The van der Waals surface area contributed by atoms with Gasteiger partial charge >= 0.3 is 0 Å². The van der Waals surface area contributed by atoms with Crippen LogP contribution in [-0.2, 0) is 33.0 Å². The molecule has 1 heterocycles. The van der Waals surface area contributed by atoms with Crippen molar-refractivity contribution < 1.29 is 31.9 Å². The van der Waals surface area contributed by atoms with E-state index >= 15 is 0 Å². The van der Waals surface area contributed by atoms with Gasteiger partial charge in [-0.2, -0.15) is 0 Å². The van der Waals surface area contributed by atoms with Gasteiger partial charge in [0.25, 0.3) is 5.91 Å². The van der Waals surface area contributed by atoms with Crippen LogP contribution < -0.4 is 11.1 Å². The van der Waals surface area contributed by atoms with Gasteiger partial charge in [-0.3, -0.25) is 14.6 Å². The summed E-state index contributed by atoms with van der Waals surface area (Å²) in [5.74, 6) is -3.52. The molecule has 0 aliphatic heterocycles. The Morgan fingerprint density at radius 2 is 1.67 bits per heavy atom. The Balaban J connectivity index is 1.74. The second-order valence-corrected chi connectivity index (χ2v) is 15.4. The normalized spacial score (nSPS) is 15.8. The van der Waals surface area contributed by atoms with Crippen molar-refractivity contribution in [3.8, 4) is 0 Å². The fraction of sp³-hybridized carbons (Fsp3) is 0.486. The summed E-state index contributed by atoms with van der Waals surface area (Å²) in [5.41, 5.74) is 7.75. The Hall–Kier alpha value is -3.74. The SMILES string of the molecule is CCCC(CCC)S(=O)(=O)C[C@@H](NC(=O)c1cccnc1)C(=O)N(C[C@@H](O)[C@@H](N)Cc1cc(F)cc(F)c1)C1(c2cccc(CC)c2)CC1. The third-order valence-electron chi connectivity index (χ3n) is 9.29. The summed E-state index contributed by atoms with van der Waals surface area (Å²) in [7, 11) is -3.88. The number of sulfone groups is 1. The number of carbonyl (C=O) groups excluding carboxylic acids is 2. The number of nitrogens with two attached hydrogens (primary N) is 1. The molecular formula is C37H48F2N4O5S. The molecule has 0 spiro atoms. The molecule has 49 heavy (non-hydrogen) atoms. The van der Waals surface area contributed by atoms with Gasteiger partial charge in [-0.1, -0.05) is 57.9 Å². The standard InChI is InChI=1S/C37H48F2N4O5S/c1-4-9-31(10-5-2)49(47,48)24-33(42-35(45)27-12-8-16-41-22-27)36(46)43(37(14-15-37)28-13-7-11-25(6-3)17-28)23-34(44)32(40)20-26-18-29(38)21-30(39)19-26/h7-8,11-13,16-19,21-22,31-34,44H,4-6,9-10,14-15,20,23-24,40H2,1-3H3,(H,42,45)/t32-,33+,34+/m0/s1. The van der Waals surface area contributed by atoms with Crippen LogP contribution in [-0.4, -0.2) is 71.0 Å². The van der Waals surface area contributed by atoms with Crippen molar-refractivity contribution in [1.82, 2.24) is 15.2 Å². The summed E-state index contributed by atoms with van der Waals surface area (Å²) >= 11 is 0. The summed E-state index contributed by atoms with van der Waals surface area (Å²) in [6, 6.07) is 11.3. The minimum absolute atomic E-state index is 0.0819. The first-order valence-corrected chi connectivity index (χ1v) is 18.8. The van der Waals surface area contributed by atoms with Gasteiger partial charge in [-0.05, 0) is 79.5 Å². The number of aromatic nitrogens is 1. The summed E-state index contributed by atoms with van der Waals surface area (Å²) in [6.45, 7) is 5.51. The van der Waals surface area contributed by atoms with Gasteiger partial charge in [0, 0.05) is 31.0 Å². The molecule has 0 unspecified atom stereocenters. The molecule has 0 radical (unpaired) electrons. The van der Waals surface area contributed by atoms with Crippen molar-refractivity contribution in [2.24, 2.45) is 5.73 Å². The molecule has 3 atom stereocenters. The molecule has 9 nitrogen and oxygen atoms in total. The quantitative estimate of drug-likeness (QED) is 0.172. The number of halogens is 2. The lowest BCUT2D eigenvalue weighted by molar-refractivity contribution is -0.138. The average Bonchev–Trinajstić information content (AvgIpc) is 3.88. The number of aliphatic hydroxyl groups excluding tert-OH is 1. The van der Waals surface area contributed by atoms with Gasteiger partial charge in [0.05, 0.1) is 28.2 Å². The van der Waals surface area contributed by atoms with Crippen LogP contribution in [0.15, 0.2) is 67.0 Å². The third kappa shape index (κ3) is 9.70. The van der Waals surface area contributed by atoms with Crippen LogP contribution in [0.5, 0.6) is 0 Å². The van der Waals surface area contributed by atoms with Crippen LogP contribution in [0.1, 0.15) is 86.3 Å². The summed E-state index contributed by atoms with van der Waals surface area (Å²) < 4.78 is 55.7. The highest BCUT2D eigenvalue weighted by atomic mass is 32.2. The Labute approximate surface area is 288 Å². The maximum atomic E-state index is 14.8. The molecule has 1 fully saturated rings. The minimum Gasteiger partial charge on any atom is -0.390 e. The molecule has 2 aromatic carbocycles. The van der Waals surface area contributed by atoms with Crippen molar-refractivity contribution in [2.75, 3.05) is 12.3 Å². The van der Waals surface area contributed by atoms with Gasteiger partial charge in [0.1, 0.15) is 17.7 Å². The predicted molar refractivity (Wildman–Crippen MR) is 185 cm³/mol. The highest BCUT2D eigenvalue weighted by Crippen LogP contribution is 2.51. The first-order chi connectivity index (χ1) is 23.3. The third-order valence-corrected chi connectivity index (χ3v) is 11.6. The number of amides is 2. The largest absolute Gasteiger partial charge is 0.390 e. The molecule has 1 aliphatic carbocycles. The Morgan fingerprint density at radius 1 is 1.00 bits per heavy atom. The van der Waals surface area contributed by atoms with Gasteiger partial charge in [-0.15, -0.1) is 0 Å². The van der Waals surface area contributed by atoms with Crippen LogP contribution in [0.3, 0.4) is 0 Å². The van der Waals surface area contributed by atoms with E-state index in [1.165, 1.54) is 23.4 Å². The summed E-state index contributed by atoms with van der Waals surface area (Å²) in [5, 5.41) is 13.5. The van der Waals surface area contributed by atoms with Crippen molar-refractivity contribution in [3.63, 3.8) is 0 Å². The molecule has 0 bridgehead atoms. The van der Waals surface area contributed by atoms with E-state index in [2.05, 4.69) is 10.3 Å². The summed E-state index contributed by atoms with van der Waals surface area (Å²) in [4.78, 5) is 33.7. The smallest absolute Gasteiger partial charge is 0.253 e. The zero-order chi connectivity index (χ0) is 35.8. The van der Waals surface area contributed by atoms with Gasteiger partial charge in [-0.25, -0.2) is 17.2 Å². The van der Waals surface area contributed by atoms with E-state index < -0.39 is 68.0 Å². The van der Waals surface area contributed by atoms with E-state index in [1.54, 1.807) is 6.07 Å². The van der Waals surface area contributed by atoms with Crippen molar-refractivity contribution in [3.05, 3.63) is 101 Å². The topological polar surface area (TPSA) is 143 Å². The molecule has 1 aromatic heterocycles. The maximum absolute atomic E-state index is 14.8. The van der Waals surface area contributed by atoms with Gasteiger partial charge in [0.2, 0.25) is 5.91 Å². The molecule has 266 valence electrons.